The van der Waals surface area contributed by atoms with Crippen LogP contribution in [0, 0.1) is 12.8 Å². The molecule has 0 aliphatic heterocycles. The summed E-state index contributed by atoms with van der Waals surface area (Å²) in [6.45, 7) is 7.47. The van der Waals surface area contributed by atoms with Gasteiger partial charge in [-0.25, -0.2) is 0 Å². The highest BCUT2D eigenvalue weighted by Crippen LogP contribution is 2.11. The molecular weight excluding hydrogens is 284 g/mol. The van der Waals surface area contributed by atoms with Crippen LogP contribution in [0.15, 0.2) is 24.3 Å². The van der Waals surface area contributed by atoms with Crippen molar-refractivity contribution >= 4 is 23.2 Å². The molecule has 21 heavy (non-hydrogen) atoms. The summed E-state index contributed by atoms with van der Waals surface area (Å²) in [6.07, 6.45) is 1.06. The molecule has 2 N–H and O–H groups in total. The zero-order valence-corrected chi connectivity index (χ0v) is 13.8. The largest absolute Gasteiger partial charge is 0.494 e. The van der Waals surface area contributed by atoms with Crippen molar-refractivity contribution in [3.05, 3.63) is 29.8 Å². The summed E-state index contributed by atoms with van der Waals surface area (Å²) in [5, 5.41) is 6.07. The third-order valence-corrected chi connectivity index (χ3v) is 3.01. The maximum absolute atomic E-state index is 11.7. The Morgan fingerprint density at radius 3 is 2.57 bits per heavy atom. The monoisotopic (exact) mass is 308 g/mol. The average molecular weight is 308 g/mol. The average Bonchev–Trinajstić information content (AvgIpc) is 2.43. The maximum atomic E-state index is 11.7. The molecule has 0 radical (unpaired) electrons. The molecule has 0 fully saturated rings. The number of carbonyl (C=O) groups excluding carboxylic acids is 1. The number of ether oxygens (including phenoxy) is 1. The van der Waals surface area contributed by atoms with E-state index in [1.54, 1.807) is 0 Å². The van der Waals surface area contributed by atoms with Gasteiger partial charge in [0.2, 0.25) is 5.91 Å². The molecule has 0 saturated heterocycles. The molecule has 0 aromatic heterocycles. The zero-order valence-electron chi connectivity index (χ0n) is 12.9. The minimum atomic E-state index is -0.0798. The first kappa shape index (κ1) is 17.4. The molecule has 116 valence electrons. The number of carbonyl (C=O) groups is 1. The highest BCUT2D eigenvalue weighted by molar-refractivity contribution is 7.80. The first-order valence-electron chi connectivity index (χ1n) is 7.24. The van der Waals surface area contributed by atoms with Crippen molar-refractivity contribution < 1.29 is 9.53 Å². The zero-order chi connectivity index (χ0) is 15.7. The normalized spacial score (nSPS) is 10.3. The Balaban J connectivity index is 2.13. The molecule has 1 aromatic rings. The lowest BCUT2D eigenvalue weighted by atomic mass is 10.2. The molecule has 1 aromatic carbocycles. The van der Waals surface area contributed by atoms with Crippen LogP contribution in [0.2, 0.25) is 0 Å². The second kappa shape index (κ2) is 9.34. The summed E-state index contributed by atoms with van der Waals surface area (Å²) in [4.78, 5) is 11.7. The Hall–Kier alpha value is -1.62. The fraction of sp³-hybridized carbons (Fsp3) is 0.500. The van der Waals surface area contributed by atoms with E-state index >= 15 is 0 Å². The molecule has 0 unspecified atom stereocenters. The fourth-order valence-electron chi connectivity index (χ4n) is 1.59. The maximum Gasteiger partial charge on any atom is 0.226 e. The van der Waals surface area contributed by atoms with Crippen molar-refractivity contribution in [1.29, 1.82) is 0 Å². The summed E-state index contributed by atoms with van der Waals surface area (Å²) < 4.78 is 5.57. The predicted molar refractivity (Wildman–Crippen MR) is 89.5 cm³/mol. The van der Waals surface area contributed by atoms with Crippen molar-refractivity contribution in [2.24, 2.45) is 5.92 Å². The lowest BCUT2D eigenvalue weighted by Gasteiger charge is -2.11. The molecule has 0 spiro atoms. The Morgan fingerprint density at radius 2 is 1.95 bits per heavy atom. The van der Waals surface area contributed by atoms with Gasteiger partial charge in [-0.3, -0.25) is 4.79 Å². The van der Waals surface area contributed by atoms with Crippen LogP contribution >= 0.6 is 12.2 Å². The van der Waals surface area contributed by atoms with E-state index in [1.165, 1.54) is 5.56 Å². The summed E-state index contributed by atoms with van der Waals surface area (Å²) in [5.74, 6) is 1.24. The first-order valence-corrected chi connectivity index (χ1v) is 7.65. The highest BCUT2D eigenvalue weighted by atomic mass is 32.1. The number of amides is 1. The standard InChI is InChI=1S/C16H24N2O2S/c1-12(2)11-17-16(21)18-15(19)5-4-10-20-14-8-6-13(3)7-9-14/h6-9,12H,4-5,10-11H2,1-3H3,(H2,17,18,19,21). The van der Waals surface area contributed by atoms with Crippen molar-refractivity contribution in [3.63, 3.8) is 0 Å². The molecule has 1 amide bonds. The number of benzene rings is 1. The molecule has 1 rings (SSSR count). The quantitative estimate of drug-likeness (QED) is 0.601. The molecule has 0 aliphatic carbocycles. The van der Waals surface area contributed by atoms with E-state index in [1.807, 2.05) is 31.2 Å². The van der Waals surface area contributed by atoms with Crippen LogP contribution in [-0.4, -0.2) is 24.2 Å². The molecule has 5 heteroatoms. The molecule has 0 heterocycles. The van der Waals surface area contributed by atoms with Crippen LogP contribution in [0.1, 0.15) is 32.3 Å². The van der Waals surface area contributed by atoms with Crippen LogP contribution in [0.3, 0.4) is 0 Å². The minimum Gasteiger partial charge on any atom is -0.494 e. The lowest BCUT2D eigenvalue weighted by molar-refractivity contribution is -0.119. The van der Waals surface area contributed by atoms with Crippen LogP contribution in [-0.2, 0) is 4.79 Å². The molecule has 0 bridgehead atoms. The summed E-state index contributed by atoms with van der Waals surface area (Å²) >= 11 is 5.04. The van der Waals surface area contributed by atoms with Gasteiger partial charge in [-0.05, 0) is 43.6 Å². The van der Waals surface area contributed by atoms with Crippen molar-refractivity contribution in [2.75, 3.05) is 13.2 Å². The number of rotatable bonds is 7. The van der Waals surface area contributed by atoms with E-state index in [0.717, 1.165) is 12.3 Å². The third kappa shape index (κ3) is 8.30. The molecule has 0 atom stereocenters. The van der Waals surface area contributed by atoms with Gasteiger partial charge < -0.3 is 15.4 Å². The van der Waals surface area contributed by atoms with Gasteiger partial charge >= 0.3 is 0 Å². The molecule has 4 nitrogen and oxygen atoms in total. The van der Waals surface area contributed by atoms with E-state index in [0.29, 0.717) is 30.5 Å². The Morgan fingerprint density at radius 1 is 1.29 bits per heavy atom. The van der Waals surface area contributed by atoms with Crippen molar-refractivity contribution in [1.82, 2.24) is 10.6 Å². The number of hydrogen-bond acceptors (Lipinski definition) is 3. The third-order valence-electron chi connectivity index (χ3n) is 2.76. The Labute approximate surface area is 132 Å². The second-order valence-corrected chi connectivity index (χ2v) is 5.83. The molecular formula is C16H24N2O2S. The van der Waals surface area contributed by atoms with Crippen molar-refractivity contribution in [3.8, 4) is 5.75 Å². The van der Waals surface area contributed by atoms with Crippen molar-refractivity contribution in [2.45, 2.75) is 33.6 Å². The van der Waals surface area contributed by atoms with Crippen LogP contribution in [0.25, 0.3) is 0 Å². The summed E-state index contributed by atoms with van der Waals surface area (Å²) in [5.41, 5.74) is 1.20. The predicted octanol–water partition coefficient (Wildman–Crippen LogP) is 2.80. The number of thiocarbonyl (C=S) groups is 1. The SMILES string of the molecule is Cc1ccc(OCCCC(=O)NC(=S)NCC(C)C)cc1. The minimum absolute atomic E-state index is 0.0798. The Bertz CT molecular complexity index is 458. The Kier molecular flexibility index (Phi) is 7.75. The number of aryl methyl sites for hydroxylation is 1. The van der Waals surface area contributed by atoms with E-state index < -0.39 is 0 Å². The van der Waals surface area contributed by atoms with Crippen LogP contribution < -0.4 is 15.4 Å². The smallest absolute Gasteiger partial charge is 0.226 e. The van der Waals surface area contributed by atoms with Gasteiger partial charge in [-0.2, -0.15) is 0 Å². The van der Waals surface area contributed by atoms with Gasteiger partial charge in [0.1, 0.15) is 5.75 Å². The van der Waals surface area contributed by atoms with E-state index in [2.05, 4.69) is 24.5 Å². The van der Waals surface area contributed by atoms with E-state index in [-0.39, 0.29) is 5.91 Å². The summed E-state index contributed by atoms with van der Waals surface area (Å²) in [7, 11) is 0. The highest BCUT2D eigenvalue weighted by Gasteiger charge is 2.05. The second-order valence-electron chi connectivity index (χ2n) is 5.42. The topological polar surface area (TPSA) is 50.4 Å². The molecule has 0 aliphatic rings. The van der Waals surface area contributed by atoms with E-state index in [4.69, 9.17) is 17.0 Å². The number of hydrogen-bond donors (Lipinski definition) is 2. The van der Waals surface area contributed by atoms with Crippen LogP contribution in [0.4, 0.5) is 0 Å². The lowest BCUT2D eigenvalue weighted by Crippen LogP contribution is -2.40. The fourth-order valence-corrected chi connectivity index (χ4v) is 1.78. The van der Waals surface area contributed by atoms with Gasteiger partial charge in [-0.1, -0.05) is 31.5 Å². The van der Waals surface area contributed by atoms with Gasteiger partial charge in [0.05, 0.1) is 6.61 Å². The first-order chi connectivity index (χ1) is 9.97. The van der Waals surface area contributed by atoms with Crippen LogP contribution in [0.5, 0.6) is 5.75 Å². The summed E-state index contributed by atoms with van der Waals surface area (Å²) in [6, 6.07) is 7.86. The molecule has 0 saturated carbocycles. The van der Waals surface area contributed by atoms with E-state index in [9.17, 15) is 4.79 Å². The van der Waals surface area contributed by atoms with Gasteiger partial charge in [0.15, 0.2) is 5.11 Å². The number of nitrogens with one attached hydrogen (secondary N) is 2. The van der Waals surface area contributed by atoms with Gasteiger partial charge in [0, 0.05) is 13.0 Å². The van der Waals surface area contributed by atoms with Gasteiger partial charge in [0.25, 0.3) is 0 Å². The van der Waals surface area contributed by atoms with Gasteiger partial charge in [-0.15, -0.1) is 0 Å².